The number of nitrogens with two attached hydrogens (primary N) is 1. The summed E-state index contributed by atoms with van der Waals surface area (Å²) in [5, 5.41) is 2.11. The second-order valence-corrected chi connectivity index (χ2v) is 3.96. The van der Waals surface area contributed by atoms with Crippen molar-refractivity contribution in [2.45, 2.75) is 18.8 Å². The van der Waals surface area contributed by atoms with Crippen LogP contribution in [0.2, 0.25) is 0 Å². The van der Waals surface area contributed by atoms with Gasteiger partial charge in [0.1, 0.15) is 5.82 Å². The fraction of sp³-hybridized carbons (Fsp3) is 0.417. The molecule has 0 saturated carbocycles. The summed E-state index contributed by atoms with van der Waals surface area (Å²) in [6.45, 7) is -1.56. The van der Waals surface area contributed by atoms with E-state index in [-0.39, 0.29) is 12.2 Å². The number of rotatable bonds is 6. The maximum Gasteiger partial charge on any atom is 0.277 e. The van der Waals surface area contributed by atoms with Crippen LogP contribution in [-0.4, -0.2) is 24.9 Å². The Morgan fingerprint density at radius 1 is 1.28 bits per heavy atom. The summed E-state index contributed by atoms with van der Waals surface area (Å²) in [4.78, 5) is 11.3. The van der Waals surface area contributed by atoms with Gasteiger partial charge < -0.3 is 11.1 Å². The molecule has 3 N–H and O–H groups in total. The van der Waals surface area contributed by atoms with Crippen LogP contribution in [0.15, 0.2) is 24.3 Å². The normalized spacial score (nSPS) is 11.3. The zero-order chi connectivity index (χ0) is 13.6. The monoisotopic (exact) mass is 260 g/mol. The van der Waals surface area contributed by atoms with Gasteiger partial charge in [0.25, 0.3) is 5.92 Å². The van der Waals surface area contributed by atoms with Crippen molar-refractivity contribution in [3.63, 3.8) is 0 Å². The summed E-state index contributed by atoms with van der Waals surface area (Å²) in [6.07, 6.45) is 0.451. The Balaban J connectivity index is 2.31. The van der Waals surface area contributed by atoms with E-state index < -0.39 is 24.9 Å². The largest absolute Gasteiger partial charge is 0.350 e. The minimum absolute atomic E-state index is 0.0757. The Kier molecular flexibility index (Phi) is 5.15. The van der Waals surface area contributed by atoms with Crippen LogP contribution in [-0.2, 0) is 11.2 Å². The molecule has 0 aliphatic rings. The lowest BCUT2D eigenvalue weighted by atomic mass is 10.1. The van der Waals surface area contributed by atoms with Crippen LogP contribution in [0.4, 0.5) is 13.2 Å². The molecule has 3 nitrogen and oxygen atoms in total. The molecule has 1 rings (SSSR count). The standard InChI is InChI=1S/C12H15F3N2O/c13-10-4-1-9(2-5-10)3-6-11(18)17-8-12(14,15)7-16/h1-2,4-5H,3,6-8,16H2,(H,17,18). The topological polar surface area (TPSA) is 55.1 Å². The fourth-order valence-electron chi connectivity index (χ4n) is 1.30. The predicted octanol–water partition coefficient (Wildman–Crippen LogP) is 1.47. The van der Waals surface area contributed by atoms with Crippen molar-refractivity contribution in [2.24, 2.45) is 5.73 Å². The second kappa shape index (κ2) is 6.39. The highest BCUT2D eigenvalue weighted by Crippen LogP contribution is 2.09. The van der Waals surface area contributed by atoms with E-state index >= 15 is 0 Å². The molecule has 0 fully saturated rings. The smallest absolute Gasteiger partial charge is 0.277 e. The zero-order valence-electron chi connectivity index (χ0n) is 9.76. The van der Waals surface area contributed by atoms with Crippen LogP contribution in [0.25, 0.3) is 0 Å². The Morgan fingerprint density at radius 3 is 2.44 bits per heavy atom. The summed E-state index contributed by atoms with van der Waals surface area (Å²) in [5.41, 5.74) is 5.61. The average Bonchev–Trinajstić information content (AvgIpc) is 2.36. The number of amides is 1. The van der Waals surface area contributed by atoms with Gasteiger partial charge in [-0.3, -0.25) is 4.79 Å². The van der Waals surface area contributed by atoms with Gasteiger partial charge in [0, 0.05) is 6.42 Å². The van der Waals surface area contributed by atoms with Gasteiger partial charge in [-0.05, 0) is 24.1 Å². The number of halogens is 3. The number of alkyl halides is 2. The van der Waals surface area contributed by atoms with E-state index in [1.807, 2.05) is 0 Å². The molecule has 1 aromatic carbocycles. The lowest BCUT2D eigenvalue weighted by Gasteiger charge is -2.14. The van der Waals surface area contributed by atoms with Crippen LogP contribution < -0.4 is 11.1 Å². The van der Waals surface area contributed by atoms with Crippen molar-refractivity contribution in [2.75, 3.05) is 13.1 Å². The van der Waals surface area contributed by atoms with Gasteiger partial charge in [-0.15, -0.1) is 0 Å². The molecule has 0 bridgehead atoms. The molecule has 0 unspecified atom stereocenters. The van der Waals surface area contributed by atoms with Crippen LogP contribution in [0.3, 0.4) is 0 Å². The van der Waals surface area contributed by atoms with Crippen molar-refractivity contribution in [1.82, 2.24) is 5.32 Å². The summed E-state index contributed by atoms with van der Waals surface area (Å²) < 4.78 is 38.1. The van der Waals surface area contributed by atoms with Gasteiger partial charge in [-0.1, -0.05) is 12.1 Å². The van der Waals surface area contributed by atoms with Gasteiger partial charge in [0.05, 0.1) is 13.1 Å². The van der Waals surface area contributed by atoms with Gasteiger partial charge in [0.15, 0.2) is 0 Å². The number of hydrogen-bond acceptors (Lipinski definition) is 2. The van der Waals surface area contributed by atoms with Gasteiger partial charge in [-0.2, -0.15) is 0 Å². The van der Waals surface area contributed by atoms with E-state index in [1.54, 1.807) is 12.1 Å². The molecular formula is C12H15F3N2O. The molecule has 6 heteroatoms. The molecule has 18 heavy (non-hydrogen) atoms. The first kappa shape index (κ1) is 14.5. The Bertz CT molecular complexity index is 393. The molecule has 1 amide bonds. The van der Waals surface area contributed by atoms with E-state index in [0.29, 0.717) is 6.42 Å². The lowest BCUT2D eigenvalue weighted by Crippen LogP contribution is -2.41. The molecule has 0 aliphatic carbocycles. The highest BCUT2D eigenvalue weighted by molar-refractivity contribution is 5.76. The van der Waals surface area contributed by atoms with E-state index in [1.165, 1.54) is 12.1 Å². The van der Waals surface area contributed by atoms with Crippen molar-refractivity contribution < 1.29 is 18.0 Å². The van der Waals surface area contributed by atoms with Crippen LogP contribution in [0.1, 0.15) is 12.0 Å². The highest BCUT2D eigenvalue weighted by atomic mass is 19.3. The first-order valence-electron chi connectivity index (χ1n) is 5.52. The Morgan fingerprint density at radius 2 is 1.89 bits per heavy atom. The van der Waals surface area contributed by atoms with E-state index in [9.17, 15) is 18.0 Å². The Hall–Kier alpha value is -1.56. The van der Waals surface area contributed by atoms with Crippen LogP contribution >= 0.6 is 0 Å². The van der Waals surface area contributed by atoms with E-state index in [4.69, 9.17) is 5.73 Å². The van der Waals surface area contributed by atoms with Crippen molar-refractivity contribution in [3.05, 3.63) is 35.6 Å². The molecule has 0 spiro atoms. The molecule has 0 radical (unpaired) electrons. The minimum atomic E-state index is -3.08. The summed E-state index contributed by atoms with van der Waals surface area (Å²) >= 11 is 0. The number of carbonyl (C=O) groups is 1. The number of benzene rings is 1. The third kappa shape index (κ3) is 5.18. The number of hydrogen-bond donors (Lipinski definition) is 2. The number of aryl methyl sites for hydroxylation is 1. The Labute approximate surface area is 103 Å². The van der Waals surface area contributed by atoms with Crippen molar-refractivity contribution >= 4 is 5.91 Å². The first-order valence-corrected chi connectivity index (χ1v) is 5.52. The highest BCUT2D eigenvalue weighted by Gasteiger charge is 2.26. The zero-order valence-corrected chi connectivity index (χ0v) is 9.76. The summed E-state index contributed by atoms with van der Waals surface area (Å²) in [5.74, 6) is -3.91. The van der Waals surface area contributed by atoms with Crippen LogP contribution in [0, 0.1) is 5.82 Å². The molecule has 0 aliphatic heterocycles. The minimum Gasteiger partial charge on any atom is -0.350 e. The molecule has 0 saturated heterocycles. The third-order valence-electron chi connectivity index (χ3n) is 2.40. The maximum absolute atomic E-state index is 12.7. The number of nitrogens with one attached hydrogen (secondary N) is 1. The third-order valence-corrected chi connectivity index (χ3v) is 2.40. The molecular weight excluding hydrogens is 245 g/mol. The van der Waals surface area contributed by atoms with Gasteiger partial charge in [-0.25, -0.2) is 13.2 Å². The van der Waals surface area contributed by atoms with Crippen molar-refractivity contribution in [3.8, 4) is 0 Å². The number of carbonyl (C=O) groups excluding carboxylic acids is 1. The van der Waals surface area contributed by atoms with Gasteiger partial charge >= 0.3 is 0 Å². The van der Waals surface area contributed by atoms with Crippen molar-refractivity contribution in [1.29, 1.82) is 0 Å². The lowest BCUT2D eigenvalue weighted by molar-refractivity contribution is -0.122. The first-order chi connectivity index (χ1) is 8.43. The molecule has 0 heterocycles. The second-order valence-electron chi connectivity index (χ2n) is 3.96. The van der Waals surface area contributed by atoms with Gasteiger partial charge in [0.2, 0.25) is 5.91 Å². The summed E-state index contributed by atoms with van der Waals surface area (Å²) in [6, 6.07) is 5.68. The van der Waals surface area contributed by atoms with E-state index in [0.717, 1.165) is 5.56 Å². The quantitative estimate of drug-likeness (QED) is 0.813. The maximum atomic E-state index is 12.7. The average molecular weight is 260 g/mol. The SMILES string of the molecule is NCC(F)(F)CNC(=O)CCc1ccc(F)cc1. The predicted molar refractivity (Wildman–Crippen MR) is 61.7 cm³/mol. The van der Waals surface area contributed by atoms with E-state index in [2.05, 4.69) is 5.32 Å². The molecule has 0 atom stereocenters. The fourth-order valence-corrected chi connectivity index (χ4v) is 1.30. The van der Waals surface area contributed by atoms with Crippen LogP contribution in [0.5, 0.6) is 0 Å². The molecule has 100 valence electrons. The summed E-state index contributed by atoms with van der Waals surface area (Å²) in [7, 11) is 0. The molecule has 0 aromatic heterocycles. The molecule has 1 aromatic rings.